The Morgan fingerprint density at radius 3 is 2.60 bits per heavy atom. The standard InChI is InChI=1S/C8H6F4N2O/c9-6-3-1-2-5(14-6)7(15)13-4-8(10,11)12/h1-3H,4H2,(H,13,15). The van der Waals surface area contributed by atoms with E-state index in [4.69, 9.17) is 0 Å². The Bertz CT molecular complexity index is 364. The number of hydrogen-bond acceptors (Lipinski definition) is 2. The van der Waals surface area contributed by atoms with E-state index in [0.29, 0.717) is 0 Å². The number of halogens is 4. The lowest BCUT2D eigenvalue weighted by Crippen LogP contribution is -2.34. The van der Waals surface area contributed by atoms with Gasteiger partial charge in [0.25, 0.3) is 5.91 Å². The molecule has 1 N–H and O–H groups in total. The zero-order valence-corrected chi connectivity index (χ0v) is 7.31. The van der Waals surface area contributed by atoms with Crippen LogP contribution in [0.1, 0.15) is 10.5 Å². The van der Waals surface area contributed by atoms with Crippen LogP contribution < -0.4 is 5.32 Å². The zero-order valence-electron chi connectivity index (χ0n) is 7.31. The van der Waals surface area contributed by atoms with E-state index in [0.717, 1.165) is 12.1 Å². The molecule has 0 aliphatic rings. The van der Waals surface area contributed by atoms with E-state index in [1.54, 1.807) is 5.32 Å². The first-order valence-corrected chi connectivity index (χ1v) is 3.86. The number of aromatic nitrogens is 1. The molecule has 0 atom stereocenters. The van der Waals surface area contributed by atoms with Crippen molar-refractivity contribution >= 4 is 5.91 Å². The summed E-state index contributed by atoms with van der Waals surface area (Å²) in [7, 11) is 0. The van der Waals surface area contributed by atoms with Gasteiger partial charge in [0.05, 0.1) is 0 Å². The van der Waals surface area contributed by atoms with Gasteiger partial charge in [0.1, 0.15) is 12.2 Å². The second kappa shape index (κ2) is 4.24. The summed E-state index contributed by atoms with van der Waals surface area (Å²) in [5, 5.41) is 1.57. The topological polar surface area (TPSA) is 42.0 Å². The van der Waals surface area contributed by atoms with Gasteiger partial charge < -0.3 is 5.32 Å². The predicted molar refractivity (Wildman–Crippen MR) is 42.6 cm³/mol. The minimum Gasteiger partial charge on any atom is -0.342 e. The number of carbonyl (C=O) groups excluding carboxylic acids is 1. The average Bonchev–Trinajstić information content (AvgIpc) is 2.13. The summed E-state index contributed by atoms with van der Waals surface area (Å²) in [6.45, 7) is -1.47. The van der Waals surface area contributed by atoms with Crippen LogP contribution in [0.5, 0.6) is 0 Å². The summed E-state index contributed by atoms with van der Waals surface area (Å²) >= 11 is 0. The van der Waals surface area contributed by atoms with Crippen LogP contribution in [0.25, 0.3) is 0 Å². The van der Waals surface area contributed by atoms with Gasteiger partial charge in [-0.25, -0.2) is 4.98 Å². The Labute approximate surface area is 82.1 Å². The van der Waals surface area contributed by atoms with E-state index in [9.17, 15) is 22.4 Å². The third-order valence-corrected chi connectivity index (χ3v) is 1.40. The Morgan fingerprint density at radius 1 is 1.40 bits per heavy atom. The van der Waals surface area contributed by atoms with E-state index in [1.165, 1.54) is 6.07 Å². The maximum atomic E-state index is 12.5. The number of amides is 1. The largest absolute Gasteiger partial charge is 0.405 e. The number of hydrogen-bond donors (Lipinski definition) is 1. The van der Waals surface area contributed by atoms with Crippen molar-refractivity contribution in [1.29, 1.82) is 0 Å². The summed E-state index contributed by atoms with van der Waals surface area (Å²) in [6, 6.07) is 3.29. The number of pyridine rings is 1. The van der Waals surface area contributed by atoms with Crippen LogP contribution in [0.4, 0.5) is 17.6 Å². The van der Waals surface area contributed by atoms with Crippen molar-refractivity contribution in [3.05, 3.63) is 29.8 Å². The highest BCUT2D eigenvalue weighted by Crippen LogP contribution is 2.12. The molecule has 7 heteroatoms. The van der Waals surface area contributed by atoms with Crippen LogP contribution in [-0.2, 0) is 0 Å². The fraction of sp³-hybridized carbons (Fsp3) is 0.250. The van der Waals surface area contributed by atoms with Crippen molar-refractivity contribution in [3.8, 4) is 0 Å². The molecule has 0 aliphatic carbocycles. The summed E-state index contributed by atoms with van der Waals surface area (Å²) in [5.41, 5.74) is -0.390. The lowest BCUT2D eigenvalue weighted by molar-refractivity contribution is -0.123. The number of carbonyl (C=O) groups is 1. The molecule has 82 valence electrons. The zero-order chi connectivity index (χ0) is 11.5. The maximum absolute atomic E-state index is 12.5. The fourth-order valence-electron chi connectivity index (χ4n) is 0.806. The van der Waals surface area contributed by atoms with Crippen LogP contribution in [-0.4, -0.2) is 23.6 Å². The van der Waals surface area contributed by atoms with Gasteiger partial charge in [-0.15, -0.1) is 0 Å². The van der Waals surface area contributed by atoms with Crippen molar-refractivity contribution < 1.29 is 22.4 Å². The van der Waals surface area contributed by atoms with E-state index in [1.807, 2.05) is 0 Å². The highest BCUT2D eigenvalue weighted by atomic mass is 19.4. The van der Waals surface area contributed by atoms with Gasteiger partial charge in [-0.1, -0.05) is 6.07 Å². The van der Waals surface area contributed by atoms with Crippen molar-refractivity contribution in [1.82, 2.24) is 10.3 Å². The molecule has 0 unspecified atom stereocenters. The van der Waals surface area contributed by atoms with Gasteiger partial charge in [-0.05, 0) is 12.1 Å². The summed E-state index contributed by atoms with van der Waals surface area (Å²) < 4.78 is 47.6. The molecule has 1 amide bonds. The van der Waals surface area contributed by atoms with Gasteiger partial charge >= 0.3 is 6.18 Å². The van der Waals surface area contributed by atoms with Crippen LogP contribution in [0.3, 0.4) is 0 Å². The molecule has 1 rings (SSSR count). The van der Waals surface area contributed by atoms with Crippen LogP contribution >= 0.6 is 0 Å². The molecular weight excluding hydrogens is 216 g/mol. The van der Waals surface area contributed by atoms with E-state index >= 15 is 0 Å². The molecule has 0 saturated carbocycles. The fourth-order valence-corrected chi connectivity index (χ4v) is 0.806. The molecule has 0 spiro atoms. The average molecular weight is 222 g/mol. The van der Waals surface area contributed by atoms with E-state index < -0.39 is 24.6 Å². The molecule has 0 aromatic carbocycles. The summed E-state index contributed by atoms with van der Waals surface area (Å²) in [6.07, 6.45) is -4.50. The van der Waals surface area contributed by atoms with Crippen molar-refractivity contribution in [2.45, 2.75) is 6.18 Å². The van der Waals surface area contributed by atoms with Crippen molar-refractivity contribution in [2.75, 3.05) is 6.54 Å². The van der Waals surface area contributed by atoms with Crippen LogP contribution in [0.15, 0.2) is 18.2 Å². The number of alkyl halides is 3. The van der Waals surface area contributed by atoms with E-state index in [-0.39, 0.29) is 5.69 Å². The normalized spacial score (nSPS) is 11.2. The monoisotopic (exact) mass is 222 g/mol. The second-order valence-electron chi connectivity index (χ2n) is 2.64. The maximum Gasteiger partial charge on any atom is 0.405 e. The first kappa shape index (κ1) is 11.4. The van der Waals surface area contributed by atoms with Gasteiger partial charge in [-0.2, -0.15) is 17.6 Å². The van der Waals surface area contributed by atoms with Gasteiger partial charge in [0.15, 0.2) is 0 Å². The third-order valence-electron chi connectivity index (χ3n) is 1.40. The van der Waals surface area contributed by atoms with Crippen molar-refractivity contribution in [2.24, 2.45) is 0 Å². The molecular formula is C8H6F4N2O. The van der Waals surface area contributed by atoms with Gasteiger partial charge in [0.2, 0.25) is 5.95 Å². The SMILES string of the molecule is O=C(NCC(F)(F)F)c1cccc(F)n1. The molecule has 0 fully saturated rings. The Hall–Kier alpha value is -1.66. The highest BCUT2D eigenvalue weighted by molar-refractivity contribution is 5.92. The number of nitrogens with zero attached hydrogens (tertiary/aromatic N) is 1. The molecule has 1 heterocycles. The predicted octanol–water partition coefficient (Wildman–Crippen LogP) is 1.51. The first-order chi connectivity index (χ1) is 6.88. The minimum absolute atomic E-state index is 0.390. The lowest BCUT2D eigenvalue weighted by atomic mass is 10.3. The van der Waals surface area contributed by atoms with Crippen LogP contribution in [0.2, 0.25) is 0 Å². The lowest BCUT2D eigenvalue weighted by Gasteiger charge is -2.07. The highest BCUT2D eigenvalue weighted by Gasteiger charge is 2.28. The Balaban J connectivity index is 2.62. The number of rotatable bonds is 2. The molecule has 0 saturated heterocycles. The summed E-state index contributed by atoms with van der Waals surface area (Å²) in [5.74, 6) is -1.98. The van der Waals surface area contributed by atoms with Crippen molar-refractivity contribution in [3.63, 3.8) is 0 Å². The third kappa shape index (κ3) is 3.92. The molecule has 1 aromatic heterocycles. The van der Waals surface area contributed by atoms with E-state index in [2.05, 4.69) is 4.98 Å². The Kier molecular flexibility index (Phi) is 3.23. The molecule has 0 aliphatic heterocycles. The molecule has 0 bridgehead atoms. The smallest absolute Gasteiger partial charge is 0.342 e. The molecule has 3 nitrogen and oxygen atoms in total. The quantitative estimate of drug-likeness (QED) is 0.608. The molecule has 0 radical (unpaired) electrons. The first-order valence-electron chi connectivity index (χ1n) is 3.86. The number of nitrogens with one attached hydrogen (secondary N) is 1. The summed E-state index contributed by atoms with van der Waals surface area (Å²) in [4.78, 5) is 14.1. The van der Waals surface area contributed by atoms with Gasteiger partial charge in [-0.3, -0.25) is 4.79 Å². The molecule has 15 heavy (non-hydrogen) atoms. The Morgan fingerprint density at radius 2 is 2.07 bits per heavy atom. The molecule has 1 aromatic rings. The minimum atomic E-state index is -4.50. The van der Waals surface area contributed by atoms with Crippen LogP contribution in [0, 0.1) is 5.95 Å². The second-order valence-corrected chi connectivity index (χ2v) is 2.64. The van der Waals surface area contributed by atoms with Gasteiger partial charge in [0, 0.05) is 0 Å².